The molecule has 0 fully saturated rings. The van der Waals surface area contributed by atoms with E-state index < -0.39 is 6.09 Å². The maximum absolute atomic E-state index is 13.6. The third-order valence-corrected chi connectivity index (χ3v) is 5.40. The van der Waals surface area contributed by atoms with E-state index in [1.54, 1.807) is 22.6 Å². The minimum absolute atomic E-state index is 0.146. The molecule has 1 aromatic heterocycles. The van der Waals surface area contributed by atoms with Gasteiger partial charge in [-0.05, 0) is 29.7 Å². The number of rotatable bonds is 5. The first-order valence-electron chi connectivity index (χ1n) is 10.5. The molecule has 2 aromatic carbocycles. The smallest absolute Gasteiger partial charge is 0.412 e. The summed E-state index contributed by atoms with van der Waals surface area (Å²) in [7, 11) is 1.47. The summed E-state index contributed by atoms with van der Waals surface area (Å²) in [5.74, 6) is 1.06. The molecule has 1 amide bonds. The molecule has 0 bridgehead atoms. The highest BCUT2D eigenvalue weighted by Crippen LogP contribution is 2.38. The summed E-state index contributed by atoms with van der Waals surface area (Å²) in [4.78, 5) is 26.7. The van der Waals surface area contributed by atoms with Crippen LogP contribution in [0.4, 0.5) is 16.3 Å². The lowest BCUT2D eigenvalue weighted by atomic mass is 9.97. The molecular formula is C24H26N4O4. The van der Waals surface area contributed by atoms with Crippen LogP contribution in [-0.4, -0.2) is 35.4 Å². The zero-order chi connectivity index (χ0) is 23.0. The molecule has 3 aromatic rings. The summed E-state index contributed by atoms with van der Waals surface area (Å²) in [6, 6.07) is 15.0. The Hall–Kier alpha value is -3.81. The maximum atomic E-state index is 13.6. The van der Waals surface area contributed by atoms with Crippen molar-refractivity contribution in [2.45, 2.75) is 27.3 Å². The fourth-order valence-corrected chi connectivity index (χ4v) is 3.96. The van der Waals surface area contributed by atoms with Crippen molar-refractivity contribution in [3.63, 3.8) is 0 Å². The molecule has 2 heterocycles. The molecule has 0 unspecified atom stereocenters. The molecule has 32 heavy (non-hydrogen) atoms. The SMILES string of the molecule is CC1=NN(c2ccc3c(=O)n(CC(C)C)c(N(C)C(=O)O)c(-c4ccccc4)c3c2)CO1. The second kappa shape index (κ2) is 8.37. The Labute approximate surface area is 185 Å². The van der Waals surface area contributed by atoms with Crippen molar-refractivity contribution in [1.29, 1.82) is 0 Å². The summed E-state index contributed by atoms with van der Waals surface area (Å²) in [6.07, 6.45) is -1.14. The maximum Gasteiger partial charge on any atom is 0.412 e. The van der Waals surface area contributed by atoms with Gasteiger partial charge in [0.2, 0.25) is 5.90 Å². The van der Waals surface area contributed by atoms with Gasteiger partial charge in [0, 0.05) is 36.9 Å². The number of amides is 1. The number of fused-ring (bicyclic) bond motifs is 1. The van der Waals surface area contributed by atoms with E-state index in [1.807, 2.05) is 56.3 Å². The van der Waals surface area contributed by atoms with Crippen molar-refractivity contribution in [1.82, 2.24) is 4.57 Å². The topological polar surface area (TPSA) is 87.4 Å². The summed E-state index contributed by atoms with van der Waals surface area (Å²) < 4.78 is 7.02. The molecule has 0 saturated heterocycles. The number of aromatic nitrogens is 1. The average Bonchev–Trinajstić information content (AvgIpc) is 3.21. The van der Waals surface area contributed by atoms with Gasteiger partial charge in [-0.1, -0.05) is 44.2 Å². The van der Waals surface area contributed by atoms with Crippen LogP contribution in [0.1, 0.15) is 20.8 Å². The standard InChI is InChI=1S/C24H26N4O4/c1-15(2)13-27-22(26(4)24(30)31)21(17-8-6-5-7-9-17)20-12-18(10-11-19(20)23(27)29)28-14-32-16(3)25-28/h5-12,15H,13-14H2,1-4H3,(H,30,31). The van der Waals surface area contributed by atoms with Crippen molar-refractivity contribution >= 4 is 34.3 Å². The number of hydrogen-bond donors (Lipinski definition) is 1. The second-order valence-electron chi connectivity index (χ2n) is 8.24. The highest BCUT2D eigenvalue weighted by Gasteiger charge is 2.25. The Morgan fingerprint density at radius 3 is 2.50 bits per heavy atom. The summed E-state index contributed by atoms with van der Waals surface area (Å²) in [5.41, 5.74) is 2.05. The molecule has 166 valence electrons. The predicted octanol–water partition coefficient (Wildman–Crippen LogP) is 4.57. The highest BCUT2D eigenvalue weighted by atomic mass is 16.5. The number of anilines is 2. The molecule has 0 atom stereocenters. The molecule has 0 radical (unpaired) electrons. The first-order valence-corrected chi connectivity index (χ1v) is 10.5. The number of benzene rings is 2. The zero-order valence-electron chi connectivity index (χ0n) is 18.6. The number of hydrogen-bond acceptors (Lipinski definition) is 5. The van der Waals surface area contributed by atoms with Crippen LogP contribution < -0.4 is 15.5 Å². The molecular weight excluding hydrogens is 408 g/mol. The van der Waals surface area contributed by atoms with E-state index in [-0.39, 0.29) is 18.2 Å². The predicted molar refractivity (Wildman–Crippen MR) is 126 cm³/mol. The lowest BCUT2D eigenvalue weighted by Crippen LogP contribution is -2.34. The van der Waals surface area contributed by atoms with Crippen molar-refractivity contribution < 1.29 is 14.6 Å². The Kier molecular flexibility index (Phi) is 5.61. The Morgan fingerprint density at radius 1 is 1.19 bits per heavy atom. The first-order chi connectivity index (χ1) is 15.3. The molecule has 0 saturated carbocycles. The molecule has 8 heteroatoms. The van der Waals surface area contributed by atoms with Crippen LogP contribution in [0.2, 0.25) is 0 Å². The van der Waals surface area contributed by atoms with Gasteiger partial charge in [0.1, 0.15) is 5.82 Å². The molecule has 4 rings (SSSR count). The van der Waals surface area contributed by atoms with E-state index >= 15 is 0 Å². The van der Waals surface area contributed by atoms with Crippen molar-refractivity contribution in [2.24, 2.45) is 11.0 Å². The van der Waals surface area contributed by atoms with Crippen molar-refractivity contribution in [3.05, 3.63) is 58.9 Å². The van der Waals surface area contributed by atoms with E-state index in [0.29, 0.717) is 34.6 Å². The Balaban J connectivity index is 2.12. The average molecular weight is 434 g/mol. The Bertz CT molecular complexity index is 1260. The quantitative estimate of drug-likeness (QED) is 0.636. The molecule has 1 aliphatic heterocycles. The van der Waals surface area contributed by atoms with Gasteiger partial charge in [-0.3, -0.25) is 14.3 Å². The van der Waals surface area contributed by atoms with E-state index in [0.717, 1.165) is 16.2 Å². The number of carbonyl (C=O) groups is 1. The van der Waals surface area contributed by atoms with Gasteiger partial charge in [0.15, 0.2) is 6.73 Å². The number of pyridine rings is 1. The number of nitrogens with zero attached hydrogens (tertiary/aromatic N) is 4. The fourth-order valence-electron chi connectivity index (χ4n) is 3.96. The zero-order valence-corrected chi connectivity index (χ0v) is 18.6. The van der Waals surface area contributed by atoms with Gasteiger partial charge in [-0.2, -0.15) is 0 Å². The Morgan fingerprint density at radius 2 is 1.91 bits per heavy atom. The summed E-state index contributed by atoms with van der Waals surface area (Å²) in [5, 5.41) is 17.1. The van der Waals surface area contributed by atoms with Crippen LogP contribution >= 0.6 is 0 Å². The van der Waals surface area contributed by atoms with E-state index in [2.05, 4.69) is 5.10 Å². The van der Waals surface area contributed by atoms with Gasteiger partial charge >= 0.3 is 6.09 Å². The minimum atomic E-state index is -1.14. The molecule has 0 aliphatic carbocycles. The normalized spacial score (nSPS) is 13.4. The van der Waals surface area contributed by atoms with Gasteiger partial charge in [-0.25, -0.2) is 9.80 Å². The molecule has 0 spiro atoms. The molecule has 8 nitrogen and oxygen atoms in total. The third-order valence-electron chi connectivity index (χ3n) is 5.40. The first kappa shape index (κ1) is 21.4. The van der Waals surface area contributed by atoms with Crippen LogP contribution in [0.15, 0.2) is 58.4 Å². The second-order valence-corrected chi connectivity index (χ2v) is 8.24. The summed E-state index contributed by atoms with van der Waals surface area (Å²) >= 11 is 0. The van der Waals surface area contributed by atoms with Crippen LogP contribution in [-0.2, 0) is 11.3 Å². The third kappa shape index (κ3) is 3.79. The fraction of sp³-hybridized carbons (Fsp3) is 0.292. The highest BCUT2D eigenvalue weighted by molar-refractivity contribution is 6.05. The van der Waals surface area contributed by atoms with Gasteiger partial charge < -0.3 is 9.84 Å². The number of ether oxygens (including phenoxy) is 1. The van der Waals surface area contributed by atoms with Crippen LogP contribution in [0.25, 0.3) is 21.9 Å². The lowest BCUT2D eigenvalue weighted by molar-refractivity contribution is 0.203. The van der Waals surface area contributed by atoms with Crippen molar-refractivity contribution in [2.75, 3.05) is 23.7 Å². The largest absolute Gasteiger partial charge is 0.465 e. The van der Waals surface area contributed by atoms with E-state index in [4.69, 9.17) is 4.74 Å². The molecule has 1 N–H and O–H groups in total. The van der Waals surface area contributed by atoms with Crippen LogP contribution in [0, 0.1) is 5.92 Å². The minimum Gasteiger partial charge on any atom is -0.465 e. The van der Waals surface area contributed by atoms with Gasteiger partial charge in [0.05, 0.1) is 5.69 Å². The monoisotopic (exact) mass is 434 g/mol. The number of carboxylic acid groups (broad SMARTS) is 1. The van der Waals surface area contributed by atoms with E-state index in [1.165, 1.54) is 7.05 Å². The van der Waals surface area contributed by atoms with Crippen LogP contribution in [0.3, 0.4) is 0 Å². The van der Waals surface area contributed by atoms with Gasteiger partial charge in [0.25, 0.3) is 5.56 Å². The van der Waals surface area contributed by atoms with Crippen molar-refractivity contribution in [3.8, 4) is 11.1 Å². The number of hydrazone groups is 1. The summed E-state index contributed by atoms with van der Waals surface area (Å²) in [6.45, 7) is 6.46. The van der Waals surface area contributed by atoms with Gasteiger partial charge in [-0.15, -0.1) is 5.10 Å². The van der Waals surface area contributed by atoms with E-state index in [9.17, 15) is 14.7 Å². The lowest BCUT2D eigenvalue weighted by Gasteiger charge is -2.26. The molecule has 1 aliphatic rings. The van der Waals surface area contributed by atoms with Crippen LogP contribution in [0.5, 0.6) is 0 Å².